The topological polar surface area (TPSA) is 15.3 Å². The van der Waals surface area contributed by atoms with Gasteiger partial charge in [0.15, 0.2) is 0 Å². The van der Waals surface area contributed by atoms with Crippen molar-refractivity contribution >= 4 is 0 Å². The van der Waals surface area contributed by atoms with Crippen LogP contribution in [0.2, 0.25) is 0 Å². The molecule has 0 saturated carbocycles. The van der Waals surface area contributed by atoms with Gasteiger partial charge in [-0.1, -0.05) is 0 Å². The average Bonchev–Trinajstić information content (AvgIpc) is 2.02. The molecule has 1 N–H and O–H groups in total. The van der Waals surface area contributed by atoms with Gasteiger partial charge in [0, 0.05) is 19.5 Å². The number of nitrogens with one attached hydrogen (secondary N) is 1. The molecule has 0 heterocycles. The largest absolute Gasteiger partial charge is 0.315 e. The molecule has 12 heavy (non-hydrogen) atoms. The lowest BCUT2D eigenvalue weighted by Gasteiger charge is -2.09. The Morgan fingerprint density at radius 3 is 2.58 bits per heavy atom. The molecule has 0 aliphatic heterocycles. The summed E-state index contributed by atoms with van der Waals surface area (Å²) in [6, 6.07) is 0. The van der Waals surface area contributed by atoms with Crippen LogP contribution >= 0.6 is 0 Å². The molecule has 0 aromatic carbocycles. The fourth-order valence-electron chi connectivity index (χ4n) is 0.905. The third-order valence-electron chi connectivity index (χ3n) is 1.66. The Morgan fingerprint density at radius 1 is 1.25 bits per heavy atom. The Bertz CT molecular complexity index is 124. The van der Waals surface area contributed by atoms with E-state index < -0.39 is 0 Å². The van der Waals surface area contributed by atoms with E-state index in [4.69, 9.17) is 6.42 Å². The summed E-state index contributed by atoms with van der Waals surface area (Å²) in [6.07, 6.45) is 8.38. The van der Waals surface area contributed by atoms with Gasteiger partial charge in [-0.25, -0.2) is 0 Å². The number of hydrogen-bond donors (Lipinski definition) is 1. The van der Waals surface area contributed by atoms with Crippen LogP contribution in [0.1, 0.15) is 19.3 Å². The molecular formula is C10H20N2. The summed E-state index contributed by atoms with van der Waals surface area (Å²) in [4.78, 5) is 2.18. The summed E-state index contributed by atoms with van der Waals surface area (Å²) in [5, 5.41) is 3.37. The van der Waals surface area contributed by atoms with E-state index in [0.717, 1.165) is 32.5 Å². The van der Waals surface area contributed by atoms with Crippen LogP contribution in [0.5, 0.6) is 0 Å². The van der Waals surface area contributed by atoms with Crippen LogP contribution in [0.3, 0.4) is 0 Å². The smallest absolute Gasteiger partial charge is 0.0101 e. The highest BCUT2D eigenvalue weighted by Gasteiger charge is 1.89. The first-order chi connectivity index (χ1) is 5.77. The quantitative estimate of drug-likeness (QED) is 0.449. The minimum absolute atomic E-state index is 0.912. The molecule has 70 valence electrons. The zero-order valence-electron chi connectivity index (χ0n) is 8.27. The molecule has 0 aliphatic carbocycles. The van der Waals surface area contributed by atoms with E-state index in [-0.39, 0.29) is 0 Å². The van der Waals surface area contributed by atoms with Crippen molar-refractivity contribution in [2.24, 2.45) is 0 Å². The first-order valence-electron chi connectivity index (χ1n) is 4.56. The second-order valence-corrected chi connectivity index (χ2v) is 3.21. The summed E-state index contributed by atoms with van der Waals surface area (Å²) in [6.45, 7) is 3.27. The van der Waals surface area contributed by atoms with Gasteiger partial charge in [-0.15, -0.1) is 12.3 Å². The number of terminal acetylenes is 1. The SMILES string of the molecule is C#CCCCCNCCN(C)C. The summed E-state index contributed by atoms with van der Waals surface area (Å²) in [7, 11) is 4.17. The van der Waals surface area contributed by atoms with Crippen LogP contribution < -0.4 is 5.32 Å². The van der Waals surface area contributed by atoms with Crippen molar-refractivity contribution in [2.75, 3.05) is 33.7 Å². The maximum absolute atomic E-state index is 5.13. The third-order valence-corrected chi connectivity index (χ3v) is 1.66. The van der Waals surface area contributed by atoms with Gasteiger partial charge in [0.2, 0.25) is 0 Å². The van der Waals surface area contributed by atoms with E-state index in [1.165, 1.54) is 6.42 Å². The van der Waals surface area contributed by atoms with Crippen molar-refractivity contribution in [3.63, 3.8) is 0 Å². The van der Waals surface area contributed by atoms with E-state index in [0.29, 0.717) is 0 Å². The van der Waals surface area contributed by atoms with Crippen LogP contribution in [0.25, 0.3) is 0 Å². The van der Waals surface area contributed by atoms with Gasteiger partial charge in [0.25, 0.3) is 0 Å². The predicted molar refractivity (Wildman–Crippen MR) is 54.1 cm³/mol. The van der Waals surface area contributed by atoms with Crippen molar-refractivity contribution in [3.8, 4) is 12.3 Å². The number of hydrogen-bond acceptors (Lipinski definition) is 2. The number of likely N-dealkylation sites (N-methyl/N-ethyl adjacent to an activating group) is 1. The van der Waals surface area contributed by atoms with Crippen LogP contribution in [0.4, 0.5) is 0 Å². The maximum Gasteiger partial charge on any atom is 0.0101 e. The van der Waals surface area contributed by atoms with Crippen LogP contribution in [-0.2, 0) is 0 Å². The molecule has 0 saturated heterocycles. The lowest BCUT2D eigenvalue weighted by Crippen LogP contribution is -2.27. The highest BCUT2D eigenvalue weighted by Crippen LogP contribution is 1.90. The van der Waals surface area contributed by atoms with Gasteiger partial charge < -0.3 is 10.2 Å². The van der Waals surface area contributed by atoms with E-state index in [1.54, 1.807) is 0 Å². The zero-order valence-corrected chi connectivity index (χ0v) is 8.27. The Labute approximate surface area is 76.3 Å². The Kier molecular flexibility index (Phi) is 8.20. The van der Waals surface area contributed by atoms with Crippen molar-refractivity contribution in [3.05, 3.63) is 0 Å². The molecule has 0 bridgehead atoms. The summed E-state index contributed by atoms with van der Waals surface area (Å²) < 4.78 is 0. The van der Waals surface area contributed by atoms with Crippen molar-refractivity contribution in [1.29, 1.82) is 0 Å². The highest BCUT2D eigenvalue weighted by atomic mass is 15.1. The first kappa shape index (κ1) is 11.5. The molecule has 2 heteroatoms. The van der Waals surface area contributed by atoms with Gasteiger partial charge in [0.1, 0.15) is 0 Å². The lowest BCUT2D eigenvalue weighted by atomic mass is 10.2. The fraction of sp³-hybridized carbons (Fsp3) is 0.800. The molecule has 0 aromatic rings. The van der Waals surface area contributed by atoms with Gasteiger partial charge >= 0.3 is 0 Å². The molecule has 0 aromatic heterocycles. The number of unbranched alkanes of at least 4 members (excludes halogenated alkanes) is 2. The Morgan fingerprint density at radius 2 is 2.00 bits per heavy atom. The Balaban J connectivity index is 2.87. The van der Waals surface area contributed by atoms with E-state index in [1.807, 2.05) is 0 Å². The molecule has 0 rings (SSSR count). The maximum atomic E-state index is 5.13. The number of nitrogens with zero attached hydrogens (tertiary/aromatic N) is 1. The Hall–Kier alpha value is -0.520. The molecular weight excluding hydrogens is 148 g/mol. The van der Waals surface area contributed by atoms with Gasteiger partial charge in [-0.05, 0) is 33.5 Å². The van der Waals surface area contributed by atoms with Crippen LogP contribution in [0, 0.1) is 12.3 Å². The fourth-order valence-corrected chi connectivity index (χ4v) is 0.905. The van der Waals surface area contributed by atoms with E-state index >= 15 is 0 Å². The zero-order chi connectivity index (χ0) is 9.23. The molecule has 0 amide bonds. The van der Waals surface area contributed by atoms with E-state index in [2.05, 4.69) is 30.2 Å². The van der Waals surface area contributed by atoms with Crippen LogP contribution in [-0.4, -0.2) is 38.6 Å². The third kappa shape index (κ3) is 9.48. The molecule has 0 spiro atoms. The molecule has 0 aliphatic rings. The van der Waals surface area contributed by atoms with Crippen molar-refractivity contribution in [1.82, 2.24) is 10.2 Å². The predicted octanol–water partition coefficient (Wildman–Crippen LogP) is 0.941. The summed E-state index contributed by atoms with van der Waals surface area (Å²) in [5.41, 5.74) is 0. The molecule has 2 nitrogen and oxygen atoms in total. The molecule has 0 radical (unpaired) electrons. The molecule has 0 fully saturated rings. The monoisotopic (exact) mass is 168 g/mol. The normalized spacial score (nSPS) is 10.2. The van der Waals surface area contributed by atoms with Crippen molar-refractivity contribution < 1.29 is 0 Å². The highest BCUT2D eigenvalue weighted by molar-refractivity contribution is 4.82. The van der Waals surface area contributed by atoms with Crippen LogP contribution in [0.15, 0.2) is 0 Å². The average molecular weight is 168 g/mol. The second-order valence-electron chi connectivity index (χ2n) is 3.21. The summed E-state index contributed by atoms with van der Waals surface area (Å²) >= 11 is 0. The number of rotatable bonds is 7. The summed E-state index contributed by atoms with van der Waals surface area (Å²) in [5.74, 6) is 2.64. The molecule has 0 unspecified atom stereocenters. The minimum Gasteiger partial charge on any atom is -0.315 e. The lowest BCUT2D eigenvalue weighted by molar-refractivity contribution is 0.399. The molecule has 0 atom stereocenters. The van der Waals surface area contributed by atoms with Gasteiger partial charge in [-0.2, -0.15) is 0 Å². The minimum atomic E-state index is 0.912. The van der Waals surface area contributed by atoms with Gasteiger partial charge in [-0.3, -0.25) is 0 Å². The first-order valence-corrected chi connectivity index (χ1v) is 4.56. The van der Waals surface area contributed by atoms with Gasteiger partial charge in [0.05, 0.1) is 0 Å². The second kappa shape index (κ2) is 8.58. The standard InChI is InChI=1S/C10H20N2/c1-4-5-6-7-8-11-9-10-12(2)3/h1,11H,5-10H2,2-3H3. The van der Waals surface area contributed by atoms with E-state index in [9.17, 15) is 0 Å². The van der Waals surface area contributed by atoms with Crippen molar-refractivity contribution in [2.45, 2.75) is 19.3 Å².